The fourth-order valence-electron chi connectivity index (χ4n) is 1.94. The van der Waals surface area contributed by atoms with E-state index < -0.39 is 18.2 Å². The molecule has 0 aromatic heterocycles. The molecule has 0 unspecified atom stereocenters. The molecule has 0 aliphatic heterocycles. The molecular weight excluding hydrogens is 207 g/mol. The topological polar surface area (TPSA) is 32.3 Å². The van der Waals surface area contributed by atoms with Crippen molar-refractivity contribution < 1.29 is 18.3 Å². The summed E-state index contributed by atoms with van der Waals surface area (Å²) in [6.45, 7) is 0.743. The lowest BCUT2D eigenvalue weighted by Gasteiger charge is -2.22. The van der Waals surface area contributed by atoms with Crippen molar-refractivity contribution in [2.24, 2.45) is 0 Å². The predicted molar refractivity (Wildman–Crippen MR) is 51.6 cm³/mol. The van der Waals surface area contributed by atoms with Gasteiger partial charge in [0.25, 0.3) is 0 Å². The Morgan fingerprint density at radius 1 is 1.20 bits per heavy atom. The van der Waals surface area contributed by atoms with Crippen LogP contribution in [0.15, 0.2) is 0 Å². The Labute approximate surface area is 87.9 Å². The van der Waals surface area contributed by atoms with Crippen LogP contribution in [0.25, 0.3) is 0 Å². The van der Waals surface area contributed by atoms with Crippen LogP contribution in [0, 0.1) is 0 Å². The monoisotopic (exact) mass is 225 g/mol. The highest BCUT2D eigenvalue weighted by atomic mass is 19.4. The molecule has 0 aromatic carbocycles. The minimum absolute atomic E-state index is 0.0829. The molecule has 0 heterocycles. The van der Waals surface area contributed by atoms with E-state index in [1.807, 2.05) is 0 Å². The molecule has 1 fully saturated rings. The summed E-state index contributed by atoms with van der Waals surface area (Å²) >= 11 is 0. The van der Waals surface area contributed by atoms with Gasteiger partial charge in [0.2, 0.25) is 0 Å². The number of halogens is 3. The number of hydrogen-bond acceptors (Lipinski definition) is 2. The maximum absolute atomic E-state index is 11.8. The molecule has 1 aliphatic carbocycles. The molecule has 5 heteroatoms. The van der Waals surface area contributed by atoms with E-state index in [0.717, 1.165) is 25.7 Å². The lowest BCUT2D eigenvalue weighted by Crippen LogP contribution is -2.38. The summed E-state index contributed by atoms with van der Waals surface area (Å²) in [7, 11) is 0. The Bertz CT molecular complexity index is 188. The lowest BCUT2D eigenvalue weighted by atomic mass is 10.0. The van der Waals surface area contributed by atoms with E-state index in [4.69, 9.17) is 0 Å². The van der Waals surface area contributed by atoms with Crippen molar-refractivity contribution in [1.82, 2.24) is 5.32 Å². The molecule has 0 radical (unpaired) electrons. The van der Waals surface area contributed by atoms with Crippen LogP contribution in [-0.2, 0) is 0 Å². The summed E-state index contributed by atoms with van der Waals surface area (Å²) in [5.74, 6) is 0. The number of hydrogen-bond donors (Lipinski definition) is 2. The van der Waals surface area contributed by atoms with Gasteiger partial charge >= 0.3 is 6.18 Å². The van der Waals surface area contributed by atoms with Crippen molar-refractivity contribution in [2.45, 2.75) is 50.3 Å². The van der Waals surface area contributed by atoms with Crippen molar-refractivity contribution >= 4 is 0 Å². The molecule has 15 heavy (non-hydrogen) atoms. The van der Waals surface area contributed by atoms with Crippen LogP contribution < -0.4 is 5.32 Å². The fraction of sp³-hybridized carbons (Fsp3) is 1.00. The second-order valence-electron chi connectivity index (χ2n) is 4.33. The Morgan fingerprint density at radius 2 is 1.80 bits per heavy atom. The third-order valence-corrected chi connectivity index (χ3v) is 2.80. The number of nitrogens with one attached hydrogen (secondary N) is 1. The lowest BCUT2D eigenvalue weighted by molar-refractivity contribution is -0.135. The molecule has 0 aromatic rings. The molecule has 0 amide bonds. The maximum atomic E-state index is 11.8. The summed E-state index contributed by atoms with van der Waals surface area (Å²) in [6.07, 6.45) is -1.18. The first-order valence-electron chi connectivity index (χ1n) is 5.41. The quantitative estimate of drug-likeness (QED) is 0.703. The van der Waals surface area contributed by atoms with Crippen LogP contribution in [0.4, 0.5) is 13.2 Å². The van der Waals surface area contributed by atoms with E-state index in [1.165, 1.54) is 0 Å². The minimum atomic E-state index is -4.06. The van der Waals surface area contributed by atoms with Crippen molar-refractivity contribution in [3.05, 3.63) is 0 Å². The summed E-state index contributed by atoms with van der Waals surface area (Å²) < 4.78 is 35.3. The van der Waals surface area contributed by atoms with E-state index in [-0.39, 0.29) is 6.42 Å². The maximum Gasteiger partial charge on any atom is 0.389 e. The van der Waals surface area contributed by atoms with Gasteiger partial charge in [0.05, 0.1) is 5.60 Å². The van der Waals surface area contributed by atoms with Gasteiger partial charge in [-0.3, -0.25) is 0 Å². The van der Waals surface area contributed by atoms with E-state index >= 15 is 0 Å². The smallest absolute Gasteiger partial charge is 0.389 e. The Morgan fingerprint density at radius 3 is 2.33 bits per heavy atom. The third-order valence-electron chi connectivity index (χ3n) is 2.80. The van der Waals surface area contributed by atoms with Crippen LogP contribution in [0.1, 0.15) is 38.5 Å². The molecule has 1 rings (SSSR count). The van der Waals surface area contributed by atoms with E-state index in [9.17, 15) is 18.3 Å². The van der Waals surface area contributed by atoms with Gasteiger partial charge in [-0.15, -0.1) is 0 Å². The van der Waals surface area contributed by atoms with Gasteiger partial charge in [-0.25, -0.2) is 0 Å². The fourth-order valence-corrected chi connectivity index (χ4v) is 1.94. The predicted octanol–water partition coefficient (Wildman–Crippen LogP) is 2.22. The minimum Gasteiger partial charge on any atom is -0.389 e. The number of alkyl halides is 3. The normalized spacial score (nSPS) is 20.8. The van der Waals surface area contributed by atoms with Gasteiger partial charge in [-0.05, 0) is 25.8 Å². The zero-order valence-electron chi connectivity index (χ0n) is 8.74. The van der Waals surface area contributed by atoms with Crippen LogP contribution in [0.5, 0.6) is 0 Å². The molecular formula is C10H18F3NO. The molecule has 0 saturated heterocycles. The van der Waals surface area contributed by atoms with Gasteiger partial charge in [0.15, 0.2) is 0 Å². The highest BCUT2D eigenvalue weighted by molar-refractivity contribution is 4.86. The van der Waals surface area contributed by atoms with E-state index in [0.29, 0.717) is 13.1 Å². The van der Waals surface area contributed by atoms with Crippen LogP contribution in [0.3, 0.4) is 0 Å². The van der Waals surface area contributed by atoms with Gasteiger partial charge in [0.1, 0.15) is 0 Å². The van der Waals surface area contributed by atoms with Gasteiger partial charge in [-0.1, -0.05) is 12.8 Å². The highest BCUT2D eigenvalue weighted by Gasteiger charge is 2.30. The first-order chi connectivity index (χ1) is 6.91. The standard InChI is InChI=1S/C10H18F3NO/c11-10(12,13)6-3-7-14-8-9(15)4-1-2-5-9/h14-15H,1-8H2. The van der Waals surface area contributed by atoms with Crippen LogP contribution in [-0.4, -0.2) is 30.0 Å². The average molecular weight is 225 g/mol. The van der Waals surface area contributed by atoms with Gasteiger partial charge < -0.3 is 10.4 Å². The van der Waals surface area contributed by atoms with Crippen molar-refractivity contribution in [2.75, 3.05) is 13.1 Å². The summed E-state index contributed by atoms with van der Waals surface area (Å²) in [6, 6.07) is 0. The zero-order valence-corrected chi connectivity index (χ0v) is 8.74. The van der Waals surface area contributed by atoms with Crippen molar-refractivity contribution in [3.8, 4) is 0 Å². The largest absolute Gasteiger partial charge is 0.389 e. The Hall–Kier alpha value is -0.290. The zero-order chi connectivity index (χ0) is 11.4. The summed E-state index contributed by atoms with van der Waals surface area (Å²) in [4.78, 5) is 0. The average Bonchev–Trinajstić information content (AvgIpc) is 2.50. The molecule has 0 spiro atoms. The molecule has 0 bridgehead atoms. The van der Waals surface area contributed by atoms with Crippen LogP contribution in [0.2, 0.25) is 0 Å². The molecule has 1 aliphatic rings. The van der Waals surface area contributed by atoms with Crippen LogP contribution >= 0.6 is 0 Å². The summed E-state index contributed by atoms with van der Waals surface area (Å²) in [5.41, 5.74) is -0.668. The second kappa shape index (κ2) is 5.16. The first kappa shape index (κ1) is 12.8. The third kappa shape index (κ3) is 5.37. The Balaban J connectivity index is 2.02. The van der Waals surface area contributed by atoms with Crippen molar-refractivity contribution in [3.63, 3.8) is 0 Å². The summed E-state index contributed by atoms with van der Waals surface area (Å²) in [5, 5.41) is 12.8. The number of aliphatic hydroxyl groups is 1. The van der Waals surface area contributed by atoms with Gasteiger partial charge in [-0.2, -0.15) is 13.2 Å². The second-order valence-corrected chi connectivity index (χ2v) is 4.33. The molecule has 0 atom stereocenters. The highest BCUT2D eigenvalue weighted by Crippen LogP contribution is 2.28. The van der Waals surface area contributed by atoms with E-state index in [2.05, 4.69) is 5.32 Å². The van der Waals surface area contributed by atoms with E-state index in [1.54, 1.807) is 0 Å². The molecule has 90 valence electrons. The molecule has 2 N–H and O–H groups in total. The SMILES string of the molecule is OC1(CNCCCC(F)(F)F)CCCC1. The van der Waals surface area contributed by atoms with Gasteiger partial charge in [0, 0.05) is 13.0 Å². The molecule has 2 nitrogen and oxygen atoms in total. The first-order valence-corrected chi connectivity index (χ1v) is 5.41. The van der Waals surface area contributed by atoms with Crippen molar-refractivity contribution in [1.29, 1.82) is 0 Å². The Kier molecular flexibility index (Phi) is 4.40. The molecule has 1 saturated carbocycles. The number of rotatable bonds is 5.